The van der Waals surface area contributed by atoms with Gasteiger partial charge in [-0.1, -0.05) is 19.9 Å². The summed E-state index contributed by atoms with van der Waals surface area (Å²) in [4.78, 5) is 0. The molecule has 0 unspecified atom stereocenters. The summed E-state index contributed by atoms with van der Waals surface area (Å²) >= 11 is 0. The van der Waals surface area contributed by atoms with Crippen LogP contribution in [0, 0.1) is 11.3 Å². The minimum absolute atomic E-state index is 0. The molecule has 19 heavy (non-hydrogen) atoms. The number of aliphatic hydroxyl groups is 1. The summed E-state index contributed by atoms with van der Waals surface area (Å²) in [6.45, 7) is 4.08. The number of phenolic OH excluding ortho intramolecular Hbond substituents is 1. The minimum Gasteiger partial charge on any atom is -0.507 e. The van der Waals surface area contributed by atoms with Gasteiger partial charge in [-0.15, -0.1) is 12.4 Å². The molecule has 3 N–H and O–H groups in total. The molecule has 0 heterocycles. The van der Waals surface area contributed by atoms with Crippen LogP contribution in [0.15, 0.2) is 12.1 Å². The van der Waals surface area contributed by atoms with Crippen LogP contribution >= 0.6 is 12.4 Å². The summed E-state index contributed by atoms with van der Waals surface area (Å²) in [6, 6.07) is 5.53. The molecule has 0 saturated heterocycles. The summed E-state index contributed by atoms with van der Waals surface area (Å²) in [5, 5.41) is 32.4. The molecule has 0 spiro atoms. The average Bonchev–Trinajstić information content (AvgIpc) is 2.32. The summed E-state index contributed by atoms with van der Waals surface area (Å²) < 4.78 is 0. The lowest BCUT2D eigenvalue weighted by molar-refractivity contribution is 0.110. The Morgan fingerprint density at radius 2 is 2.11 bits per heavy atom. The molecule has 2 atom stereocenters. The lowest BCUT2D eigenvalue weighted by Crippen LogP contribution is -2.42. The second kappa shape index (κ2) is 6.25. The number of hydrogen-bond donors (Lipinski definition) is 3. The van der Waals surface area contributed by atoms with Gasteiger partial charge >= 0.3 is 0 Å². The van der Waals surface area contributed by atoms with Crippen molar-refractivity contribution in [3.05, 3.63) is 28.8 Å². The van der Waals surface area contributed by atoms with Gasteiger partial charge in [-0.2, -0.15) is 5.26 Å². The van der Waals surface area contributed by atoms with E-state index in [2.05, 4.69) is 5.32 Å². The fourth-order valence-corrected chi connectivity index (χ4v) is 2.60. The molecule has 0 radical (unpaired) electrons. The van der Waals surface area contributed by atoms with Crippen LogP contribution in [-0.2, 0) is 6.42 Å². The van der Waals surface area contributed by atoms with Crippen LogP contribution in [0.25, 0.3) is 0 Å². The maximum Gasteiger partial charge on any atom is 0.133 e. The number of aromatic hydroxyl groups is 1. The van der Waals surface area contributed by atoms with Gasteiger partial charge in [-0.05, 0) is 30.0 Å². The molecule has 4 nitrogen and oxygen atoms in total. The van der Waals surface area contributed by atoms with Gasteiger partial charge in [0.15, 0.2) is 0 Å². The smallest absolute Gasteiger partial charge is 0.133 e. The molecule has 0 fully saturated rings. The second-order valence-electron chi connectivity index (χ2n) is 5.05. The number of nitrogens with one attached hydrogen (secondary N) is 1. The zero-order valence-corrected chi connectivity index (χ0v) is 11.9. The third-order valence-electron chi connectivity index (χ3n) is 3.39. The first-order valence-corrected chi connectivity index (χ1v) is 6.23. The van der Waals surface area contributed by atoms with E-state index in [1.165, 1.54) is 6.07 Å². The van der Waals surface area contributed by atoms with Crippen LogP contribution in [0.3, 0.4) is 0 Å². The van der Waals surface area contributed by atoms with E-state index in [-0.39, 0.29) is 24.2 Å². The van der Waals surface area contributed by atoms with Crippen LogP contribution in [-0.4, -0.2) is 22.3 Å². The molecular formula is C14H19ClN2O2. The molecular weight excluding hydrogens is 264 g/mol. The highest BCUT2D eigenvalue weighted by Gasteiger charge is 2.30. The molecule has 1 aliphatic rings. The highest BCUT2D eigenvalue weighted by Crippen LogP contribution is 2.35. The number of aliphatic hydroxyl groups excluding tert-OH is 1. The molecule has 0 aromatic heterocycles. The molecule has 0 bridgehead atoms. The van der Waals surface area contributed by atoms with Gasteiger partial charge in [0.1, 0.15) is 11.8 Å². The van der Waals surface area contributed by atoms with E-state index in [1.54, 1.807) is 6.07 Å². The van der Waals surface area contributed by atoms with Crippen molar-refractivity contribution >= 4 is 12.4 Å². The van der Waals surface area contributed by atoms with Crippen molar-refractivity contribution in [2.45, 2.75) is 44.9 Å². The highest BCUT2D eigenvalue weighted by molar-refractivity contribution is 5.85. The molecule has 2 rings (SSSR count). The highest BCUT2D eigenvalue weighted by atomic mass is 35.5. The van der Waals surface area contributed by atoms with Crippen LogP contribution in [0.4, 0.5) is 0 Å². The van der Waals surface area contributed by atoms with Crippen molar-refractivity contribution in [3.8, 4) is 11.8 Å². The van der Waals surface area contributed by atoms with Gasteiger partial charge in [-0.3, -0.25) is 0 Å². The number of fused-ring (bicyclic) bond motifs is 1. The Balaban J connectivity index is 0.00000180. The van der Waals surface area contributed by atoms with Gasteiger partial charge in [0, 0.05) is 12.1 Å². The molecule has 0 saturated carbocycles. The fraction of sp³-hybridized carbons (Fsp3) is 0.500. The van der Waals surface area contributed by atoms with Crippen molar-refractivity contribution in [2.75, 3.05) is 0 Å². The molecule has 0 amide bonds. The molecule has 0 aliphatic heterocycles. The van der Waals surface area contributed by atoms with Gasteiger partial charge < -0.3 is 15.5 Å². The molecule has 104 valence electrons. The Morgan fingerprint density at radius 3 is 2.68 bits per heavy atom. The van der Waals surface area contributed by atoms with Gasteiger partial charge in [0.25, 0.3) is 0 Å². The van der Waals surface area contributed by atoms with Crippen molar-refractivity contribution in [1.29, 1.82) is 5.26 Å². The van der Waals surface area contributed by atoms with Crippen LogP contribution in [0.1, 0.15) is 43.1 Å². The molecule has 1 aromatic carbocycles. The van der Waals surface area contributed by atoms with E-state index < -0.39 is 6.10 Å². The average molecular weight is 283 g/mol. The van der Waals surface area contributed by atoms with E-state index in [0.29, 0.717) is 18.0 Å². The number of rotatable bonds is 2. The standard InChI is InChI=1S/C14H18N2O2.ClH/c1-8(2)16-12-5-3-9-10(14(12)18)4-6-13(17)11(9)7-15;/h4,6,8,12,14,16-18H,3,5H2,1-2H3;1H/t12-,14-;/m1./s1. The van der Waals surface area contributed by atoms with Crippen molar-refractivity contribution in [2.24, 2.45) is 0 Å². The number of hydrogen-bond acceptors (Lipinski definition) is 4. The number of nitriles is 1. The first kappa shape index (κ1) is 15.8. The number of halogens is 1. The maximum atomic E-state index is 10.3. The summed E-state index contributed by atoms with van der Waals surface area (Å²) in [7, 11) is 0. The fourth-order valence-electron chi connectivity index (χ4n) is 2.60. The van der Waals surface area contributed by atoms with Gasteiger partial charge in [0.05, 0.1) is 11.7 Å². The third kappa shape index (κ3) is 3.01. The van der Waals surface area contributed by atoms with E-state index in [9.17, 15) is 10.2 Å². The normalized spacial score (nSPS) is 21.4. The second-order valence-corrected chi connectivity index (χ2v) is 5.05. The van der Waals surface area contributed by atoms with E-state index in [4.69, 9.17) is 5.26 Å². The molecule has 5 heteroatoms. The predicted octanol–water partition coefficient (Wildman–Crippen LogP) is 2.03. The van der Waals surface area contributed by atoms with Crippen molar-refractivity contribution in [3.63, 3.8) is 0 Å². The molecule has 1 aromatic rings. The lowest BCUT2D eigenvalue weighted by Gasteiger charge is -2.32. The largest absolute Gasteiger partial charge is 0.507 e. The van der Waals surface area contributed by atoms with E-state index in [0.717, 1.165) is 17.5 Å². The third-order valence-corrected chi connectivity index (χ3v) is 3.39. The van der Waals surface area contributed by atoms with Crippen LogP contribution < -0.4 is 5.32 Å². The van der Waals surface area contributed by atoms with Crippen LogP contribution in [0.5, 0.6) is 5.75 Å². The zero-order valence-electron chi connectivity index (χ0n) is 11.1. The maximum absolute atomic E-state index is 10.3. The first-order chi connectivity index (χ1) is 8.54. The SMILES string of the molecule is CC(C)N[C@@H]1CCc2c(ccc(O)c2C#N)[C@H]1O.Cl. The summed E-state index contributed by atoms with van der Waals surface area (Å²) in [5.74, 6) is -0.00119. The van der Waals surface area contributed by atoms with E-state index in [1.807, 2.05) is 19.9 Å². The number of nitrogens with zero attached hydrogens (tertiary/aromatic N) is 1. The first-order valence-electron chi connectivity index (χ1n) is 6.23. The Kier molecular flexibility index (Phi) is 5.19. The number of benzene rings is 1. The lowest BCUT2D eigenvalue weighted by atomic mass is 9.83. The van der Waals surface area contributed by atoms with Crippen molar-refractivity contribution in [1.82, 2.24) is 5.32 Å². The van der Waals surface area contributed by atoms with Crippen LogP contribution in [0.2, 0.25) is 0 Å². The summed E-state index contributed by atoms with van der Waals surface area (Å²) in [6.07, 6.45) is 0.849. The predicted molar refractivity (Wildman–Crippen MR) is 75.4 cm³/mol. The Morgan fingerprint density at radius 1 is 1.42 bits per heavy atom. The van der Waals surface area contributed by atoms with E-state index >= 15 is 0 Å². The Labute approximate surface area is 119 Å². The quantitative estimate of drug-likeness (QED) is 0.776. The van der Waals surface area contributed by atoms with Gasteiger partial charge in [-0.25, -0.2) is 0 Å². The van der Waals surface area contributed by atoms with Gasteiger partial charge in [0.2, 0.25) is 0 Å². The Bertz CT molecular complexity index is 497. The Hall–Kier alpha value is -1.28. The monoisotopic (exact) mass is 282 g/mol. The number of phenols is 1. The van der Waals surface area contributed by atoms with Crippen molar-refractivity contribution < 1.29 is 10.2 Å². The zero-order chi connectivity index (χ0) is 13.3. The topological polar surface area (TPSA) is 76.3 Å². The summed E-state index contributed by atoms with van der Waals surface area (Å²) in [5.41, 5.74) is 1.84. The molecule has 1 aliphatic carbocycles. The minimum atomic E-state index is -0.621.